The zero-order valence-corrected chi connectivity index (χ0v) is 10.9. The second-order valence-corrected chi connectivity index (χ2v) is 4.45. The highest BCUT2D eigenvalue weighted by Crippen LogP contribution is 2.10. The van der Waals surface area contributed by atoms with Crippen molar-refractivity contribution in [1.29, 1.82) is 0 Å². The van der Waals surface area contributed by atoms with Gasteiger partial charge in [0.15, 0.2) is 0 Å². The minimum atomic E-state index is -0.722. The molecule has 1 atom stereocenters. The van der Waals surface area contributed by atoms with E-state index in [1.165, 1.54) is 0 Å². The maximum Gasteiger partial charge on any atom is 0.239 e. The van der Waals surface area contributed by atoms with E-state index in [0.29, 0.717) is 6.54 Å². The first kappa shape index (κ1) is 13.7. The number of aromatic nitrogens is 2. The maximum atomic E-state index is 11.6. The van der Waals surface area contributed by atoms with Crippen LogP contribution in [0, 0.1) is 0 Å². The van der Waals surface area contributed by atoms with Crippen LogP contribution in [0.4, 0.5) is 0 Å². The Hall–Kier alpha value is -1.36. The van der Waals surface area contributed by atoms with Crippen LogP contribution in [0.2, 0.25) is 0 Å². The van der Waals surface area contributed by atoms with Crippen LogP contribution in [-0.4, -0.2) is 27.5 Å². The first-order chi connectivity index (χ1) is 8.03. The molecule has 0 saturated heterocycles. The van der Waals surface area contributed by atoms with Gasteiger partial charge >= 0.3 is 0 Å². The zero-order chi connectivity index (χ0) is 12.9. The van der Waals surface area contributed by atoms with Crippen molar-refractivity contribution in [3.05, 3.63) is 18.2 Å². The highest BCUT2D eigenvalue weighted by Gasteiger charge is 2.31. The van der Waals surface area contributed by atoms with Gasteiger partial charge < -0.3 is 15.6 Å². The Morgan fingerprint density at radius 3 is 2.82 bits per heavy atom. The van der Waals surface area contributed by atoms with Crippen LogP contribution in [0.15, 0.2) is 12.4 Å². The Morgan fingerprint density at radius 2 is 2.29 bits per heavy atom. The van der Waals surface area contributed by atoms with Crippen molar-refractivity contribution in [2.75, 3.05) is 6.54 Å². The number of aryl methyl sites for hydroxylation is 1. The lowest BCUT2D eigenvalue weighted by atomic mass is 10.0. The molecule has 1 rings (SSSR count). The number of nitrogens with zero attached hydrogens (tertiary/aromatic N) is 2. The van der Waals surface area contributed by atoms with Crippen molar-refractivity contribution < 1.29 is 4.79 Å². The average molecular weight is 238 g/mol. The third kappa shape index (κ3) is 3.30. The minimum Gasteiger partial charge on any atom is -0.368 e. The third-order valence-corrected chi connectivity index (χ3v) is 2.91. The van der Waals surface area contributed by atoms with E-state index >= 15 is 0 Å². The molecule has 3 N–H and O–H groups in total. The van der Waals surface area contributed by atoms with Crippen LogP contribution < -0.4 is 11.1 Å². The van der Waals surface area contributed by atoms with E-state index in [-0.39, 0.29) is 5.91 Å². The number of nitrogens with two attached hydrogens (primary N) is 1. The van der Waals surface area contributed by atoms with Crippen LogP contribution in [-0.2, 0) is 17.8 Å². The molecule has 0 fully saturated rings. The topological polar surface area (TPSA) is 72.9 Å². The summed E-state index contributed by atoms with van der Waals surface area (Å²) in [5, 5.41) is 3.21. The Balaban J connectivity index is 2.83. The van der Waals surface area contributed by atoms with E-state index in [2.05, 4.69) is 17.2 Å². The molecule has 0 spiro atoms. The molecule has 1 unspecified atom stereocenters. The summed E-state index contributed by atoms with van der Waals surface area (Å²) in [5.74, 6) is 0.637. The summed E-state index contributed by atoms with van der Waals surface area (Å²) in [6.45, 7) is 7.23. The molecule has 5 nitrogen and oxygen atoms in total. The van der Waals surface area contributed by atoms with Crippen LogP contribution >= 0.6 is 0 Å². The monoisotopic (exact) mass is 238 g/mol. The quantitative estimate of drug-likeness (QED) is 0.734. The van der Waals surface area contributed by atoms with Crippen molar-refractivity contribution in [1.82, 2.24) is 14.9 Å². The van der Waals surface area contributed by atoms with Gasteiger partial charge in [0, 0.05) is 18.8 Å². The summed E-state index contributed by atoms with van der Waals surface area (Å²) in [6, 6.07) is 0. The standard InChI is InChI=1S/C12H22N4O/c1-4-6-15-12(3,11(13)17)9-16-8-7-14-10(16)5-2/h7-8,15H,4-6,9H2,1-3H3,(H2,13,17). The molecule has 1 aromatic rings. The second-order valence-electron chi connectivity index (χ2n) is 4.45. The average Bonchev–Trinajstić information content (AvgIpc) is 2.73. The maximum absolute atomic E-state index is 11.6. The minimum absolute atomic E-state index is 0.332. The first-order valence-corrected chi connectivity index (χ1v) is 6.08. The van der Waals surface area contributed by atoms with Gasteiger partial charge in [0.1, 0.15) is 11.4 Å². The van der Waals surface area contributed by atoms with Crippen LogP contribution in [0.5, 0.6) is 0 Å². The van der Waals surface area contributed by atoms with Gasteiger partial charge in [-0.1, -0.05) is 13.8 Å². The molecule has 0 saturated carbocycles. The van der Waals surface area contributed by atoms with Crippen molar-refractivity contribution in [3.8, 4) is 0 Å². The lowest BCUT2D eigenvalue weighted by molar-refractivity contribution is -0.124. The Morgan fingerprint density at radius 1 is 1.59 bits per heavy atom. The number of hydrogen-bond donors (Lipinski definition) is 2. The summed E-state index contributed by atoms with van der Waals surface area (Å²) in [4.78, 5) is 15.8. The largest absolute Gasteiger partial charge is 0.368 e. The highest BCUT2D eigenvalue weighted by molar-refractivity contribution is 5.84. The molecule has 1 aromatic heterocycles. The van der Waals surface area contributed by atoms with Crippen molar-refractivity contribution in [3.63, 3.8) is 0 Å². The molecule has 96 valence electrons. The van der Waals surface area contributed by atoms with Gasteiger partial charge in [-0.25, -0.2) is 4.98 Å². The number of primary amides is 1. The lowest BCUT2D eigenvalue weighted by Crippen LogP contribution is -2.56. The Bertz CT molecular complexity index is 374. The number of hydrogen-bond acceptors (Lipinski definition) is 3. The van der Waals surface area contributed by atoms with Gasteiger partial charge in [0.05, 0.1) is 6.54 Å². The highest BCUT2D eigenvalue weighted by atomic mass is 16.1. The Labute approximate surface area is 102 Å². The molecule has 0 aromatic carbocycles. The van der Waals surface area contributed by atoms with E-state index < -0.39 is 5.54 Å². The van der Waals surface area contributed by atoms with E-state index in [1.54, 1.807) is 6.20 Å². The van der Waals surface area contributed by atoms with E-state index in [0.717, 1.165) is 25.2 Å². The summed E-state index contributed by atoms with van der Waals surface area (Å²) in [5.41, 5.74) is 4.76. The fraction of sp³-hybridized carbons (Fsp3) is 0.667. The molecule has 0 radical (unpaired) electrons. The summed E-state index contributed by atoms with van der Waals surface area (Å²) in [7, 11) is 0. The van der Waals surface area contributed by atoms with Gasteiger partial charge in [0.2, 0.25) is 5.91 Å². The fourth-order valence-electron chi connectivity index (χ4n) is 1.76. The van der Waals surface area contributed by atoms with Gasteiger partial charge in [-0.15, -0.1) is 0 Å². The van der Waals surface area contributed by atoms with Gasteiger partial charge in [0.25, 0.3) is 0 Å². The molecule has 1 heterocycles. The molecule has 1 amide bonds. The molecular weight excluding hydrogens is 216 g/mol. The summed E-state index contributed by atoms with van der Waals surface area (Å²) in [6.07, 6.45) is 5.44. The number of rotatable bonds is 7. The predicted molar refractivity (Wildman–Crippen MR) is 67.5 cm³/mol. The van der Waals surface area contributed by atoms with E-state index in [4.69, 9.17) is 5.73 Å². The number of imidazole rings is 1. The summed E-state index contributed by atoms with van der Waals surface area (Å²) >= 11 is 0. The van der Waals surface area contributed by atoms with Crippen LogP contribution in [0.1, 0.15) is 33.0 Å². The lowest BCUT2D eigenvalue weighted by Gasteiger charge is -2.28. The van der Waals surface area contributed by atoms with Gasteiger partial charge in [-0.3, -0.25) is 4.79 Å². The van der Waals surface area contributed by atoms with Gasteiger partial charge in [-0.05, 0) is 19.9 Å². The summed E-state index contributed by atoms with van der Waals surface area (Å²) < 4.78 is 1.98. The smallest absolute Gasteiger partial charge is 0.239 e. The Kier molecular flexibility index (Phi) is 4.69. The number of carbonyl (C=O) groups excluding carboxylic acids is 1. The third-order valence-electron chi connectivity index (χ3n) is 2.91. The SMILES string of the molecule is CCCNC(C)(Cn1ccnc1CC)C(N)=O. The molecular formula is C12H22N4O. The van der Waals surface area contributed by atoms with E-state index in [1.807, 2.05) is 24.6 Å². The molecule has 0 aliphatic heterocycles. The van der Waals surface area contributed by atoms with Crippen LogP contribution in [0.25, 0.3) is 0 Å². The first-order valence-electron chi connectivity index (χ1n) is 6.08. The normalized spacial score (nSPS) is 14.5. The van der Waals surface area contributed by atoms with Crippen LogP contribution in [0.3, 0.4) is 0 Å². The molecule has 0 aliphatic carbocycles. The number of amides is 1. The number of carbonyl (C=O) groups is 1. The van der Waals surface area contributed by atoms with Crippen molar-refractivity contribution in [2.24, 2.45) is 5.73 Å². The van der Waals surface area contributed by atoms with Gasteiger partial charge in [-0.2, -0.15) is 0 Å². The molecule has 17 heavy (non-hydrogen) atoms. The molecule has 0 aliphatic rings. The fourth-order valence-corrected chi connectivity index (χ4v) is 1.76. The van der Waals surface area contributed by atoms with Crippen molar-refractivity contribution >= 4 is 5.91 Å². The number of nitrogens with one attached hydrogen (secondary N) is 1. The second kappa shape index (κ2) is 5.82. The van der Waals surface area contributed by atoms with Crippen molar-refractivity contribution in [2.45, 2.75) is 45.7 Å². The van der Waals surface area contributed by atoms with E-state index in [9.17, 15) is 4.79 Å². The predicted octanol–water partition coefficient (Wildman–Crippen LogP) is 0.689. The molecule has 5 heteroatoms. The zero-order valence-electron chi connectivity index (χ0n) is 10.9. The molecule has 0 bridgehead atoms.